The molecule has 2 amide bonds. The lowest BCUT2D eigenvalue weighted by Crippen LogP contribution is -2.30. The number of nitrogens with one attached hydrogen (secondary N) is 1. The van der Waals surface area contributed by atoms with Gasteiger partial charge in [0.25, 0.3) is 0 Å². The van der Waals surface area contributed by atoms with E-state index < -0.39 is 21.8 Å². The third-order valence-corrected chi connectivity index (χ3v) is 4.70. The molecule has 0 bridgehead atoms. The van der Waals surface area contributed by atoms with E-state index in [9.17, 15) is 18.0 Å². The quantitative estimate of drug-likeness (QED) is 0.775. The standard InChI is InChI=1S/C12H15N3O4S/c1-14-20(18,19)10-5-3-2-4-9(10)15-7-8(12(13)17)6-11(15)16/h2-5,8,14H,6-7H2,1H3,(H2,13,17). The van der Waals surface area contributed by atoms with Crippen LogP contribution < -0.4 is 15.4 Å². The molecule has 0 radical (unpaired) electrons. The van der Waals surface area contributed by atoms with Gasteiger partial charge in [0, 0.05) is 13.0 Å². The number of primary amides is 1. The van der Waals surface area contributed by atoms with Crippen molar-refractivity contribution in [1.82, 2.24) is 4.72 Å². The van der Waals surface area contributed by atoms with Crippen molar-refractivity contribution in [1.29, 1.82) is 0 Å². The molecule has 0 aliphatic carbocycles. The first-order chi connectivity index (χ1) is 9.36. The van der Waals surface area contributed by atoms with Crippen molar-refractivity contribution in [2.24, 2.45) is 11.7 Å². The summed E-state index contributed by atoms with van der Waals surface area (Å²) >= 11 is 0. The van der Waals surface area contributed by atoms with Crippen LogP contribution in [0.2, 0.25) is 0 Å². The van der Waals surface area contributed by atoms with E-state index in [0.717, 1.165) is 0 Å². The maximum Gasteiger partial charge on any atom is 0.242 e. The summed E-state index contributed by atoms with van der Waals surface area (Å²) in [7, 11) is -2.39. The topological polar surface area (TPSA) is 110 Å². The van der Waals surface area contributed by atoms with Gasteiger partial charge in [-0.05, 0) is 19.2 Å². The second-order valence-corrected chi connectivity index (χ2v) is 6.34. The fraction of sp³-hybridized carbons (Fsp3) is 0.333. The van der Waals surface area contributed by atoms with E-state index in [1.165, 1.54) is 24.1 Å². The number of para-hydroxylation sites is 1. The van der Waals surface area contributed by atoms with Crippen LogP contribution in [-0.4, -0.2) is 33.8 Å². The summed E-state index contributed by atoms with van der Waals surface area (Å²) in [5.41, 5.74) is 5.46. The van der Waals surface area contributed by atoms with Crippen molar-refractivity contribution < 1.29 is 18.0 Å². The largest absolute Gasteiger partial charge is 0.369 e. The second-order valence-electron chi connectivity index (χ2n) is 4.48. The van der Waals surface area contributed by atoms with E-state index in [2.05, 4.69) is 4.72 Å². The molecule has 1 aromatic carbocycles. The van der Waals surface area contributed by atoms with Gasteiger partial charge in [0.15, 0.2) is 0 Å². The molecule has 1 aliphatic heterocycles. The van der Waals surface area contributed by atoms with E-state index in [-0.39, 0.29) is 29.5 Å². The Balaban J connectivity index is 2.45. The number of sulfonamides is 1. The molecule has 3 N–H and O–H groups in total. The molecule has 0 saturated carbocycles. The Bertz CT molecular complexity index is 656. The van der Waals surface area contributed by atoms with Crippen LogP contribution in [0.25, 0.3) is 0 Å². The summed E-state index contributed by atoms with van der Waals surface area (Å²) in [4.78, 5) is 24.4. The molecule has 0 spiro atoms. The lowest BCUT2D eigenvalue weighted by molar-refractivity contribution is -0.123. The molecule has 1 atom stereocenters. The fourth-order valence-electron chi connectivity index (χ4n) is 2.15. The molecule has 0 aromatic heterocycles. The van der Waals surface area contributed by atoms with Gasteiger partial charge in [-0.3, -0.25) is 9.59 Å². The number of hydrogen-bond acceptors (Lipinski definition) is 4. The minimum Gasteiger partial charge on any atom is -0.369 e. The first kappa shape index (κ1) is 14.5. The van der Waals surface area contributed by atoms with Crippen LogP contribution in [0.15, 0.2) is 29.2 Å². The smallest absolute Gasteiger partial charge is 0.242 e. The maximum absolute atomic E-state index is 12.0. The normalized spacial score (nSPS) is 19.4. The molecule has 1 heterocycles. The Morgan fingerprint density at radius 1 is 1.40 bits per heavy atom. The highest BCUT2D eigenvalue weighted by molar-refractivity contribution is 7.89. The monoisotopic (exact) mass is 297 g/mol. The van der Waals surface area contributed by atoms with Gasteiger partial charge in [0.1, 0.15) is 4.90 Å². The van der Waals surface area contributed by atoms with Crippen LogP contribution in [0.3, 0.4) is 0 Å². The number of nitrogens with two attached hydrogens (primary N) is 1. The van der Waals surface area contributed by atoms with Crippen LogP contribution in [0, 0.1) is 5.92 Å². The Hall–Kier alpha value is -1.93. The van der Waals surface area contributed by atoms with Gasteiger partial charge in [-0.1, -0.05) is 12.1 Å². The molecule has 108 valence electrons. The van der Waals surface area contributed by atoms with Gasteiger partial charge >= 0.3 is 0 Å². The van der Waals surface area contributed by atoms with E-state index in [1.54, 1.807) is 12.1 Å². The van der Waals surface area contributed by atoms with Crippen LogP contribution in [0.5, 0.6) is 0 Å². The van der Waals surface area contributed by atoms with Crippen molar-refractivity contribution >= 4 is 27.5 Å². The van der Waals surface area contributed by atoms with Crippen molar-refractivity contribution in [2.45, 2.75) is 11.3 Å². The first-order valence-corrected chi connectivity index (χ1v) is 7.47. The number of rotatable bonds is 4. The SMILES string of the molecule is CNS(=O)(=O)c1ccccc1N1CC(C(N)=O)CC1=O. The predicted octanol–water partition coefficient (Wildman–Crippen LogP) is -0.567. The Labute approximate surface area is 116 Å². The van der Waals surface area contributed by atoms with Crippen molar-refractivity contribution in [3.63, 3.8) is 0 Å². The summed E-state index contributed by atoms with van der Waals surface area (Å²) in [6.07, 6.45) is 0.00324. The lowest BCUT2D eigenvalue weighted by atomic mass is 10.1. The number of nitrogens with zero attached hydrogens (tertiary/aromatic N) is 1. The summed E-state index contributed by atoms with van der Waals surface area (Å²) in [6.45, 7) is 0.102. The summed E-state index contributed by atoms with van der Waals surface area (Å²) in [5.74, 6) is -1.46. The zero-order valence-corrected chi connectivity index (χ0v) is 11.7. The average Bonchev–Trinajstić information content (AvgIpc) is 2.81. The van der Waals surface area contributed by atoms with E-state index in [1.807, 2.05) is 0 Å². The van der Waals surface area contributed by atoms with Crippen molar-refractivity contribution in [3.05, 3.63) is 24.3 Å². The van der Waals surface area contributed by atoms with E-state index >= 15 is 0 Å². The molecule has 1 unspecified atom stereocenters. The second kappa shape index (κ2) is 5.22. The van der Waals surface area contributed by atoms with Gasteiger partial charge in [-0.25, -0.2) is 13.1 Å². The van der Waals surface area contributed by atoms with Gasteiger partial charge < -0.3 is 10.6 Å². The van der Waals surface area contributed by atoms with Crippen LogP contribution in [0.4, 0.5) is 5.69 Å². The fourth-order valence-corrected chi connectivity index (χ4v) is 3.08. The first-order valence-electron chi connectivity index (χ1n) is 5.99. The highest BCUT2D eigenvalue weighted by atomic mass is 32.2. The van der Waals surface area contributed by atoms with Crippen LogP contribution in [0.1, 0.15) is 6.42 Å². The number of amides is 2. The predicted molar refractivity (Wildman–Crippen MR) is 72.3 cm³/mol. The summed E-state index contributed by atoms with van der Waals surface area (Å²) < 4.78 is 26.1. The molecular weight excluding hydrogens is 282 g/mol. The van der Waals surface area contributed by atoms with Gasteiger partial charge in [0.05, 0.1) is 11.6 Å². The minimum absolute atomic E-state index is 0.000899. The average molecular weight is 297 g/mol. The van der Waals surface area contributed by atoms with Crippen LogP contribution in [-0.2, 0) is 19.6 Å². The molecule has 1 aliphatic rings. The Kier molecular flexibility index (Phi) is 3.78. The molecule has 1 fully saturated rings. The van der Waals surface area contributed by atoms with Gasteiger partial charge in [0.2, 0.25) is 21.8 Å². The summed E-state index contributed by atoms with van der Waals surface area (Å²) in [5, 5.41) is 0. The number of hydrogen-bond donors (Lipinski definition) is 2. The van der Waals surface area contributed by atoms with E-state index in [0.29, 0.717) is 0 Å². The number of carbonyl (C=O) groups excluding carboxylic acids is 2. The van der Waals surface area contributed by atoms with Gasteiger partial charge in [-0.2, -0.15) is 0 Å². The summed E-state index contributed by atoms with van der Waals surface area (Å²) in [6, 6.07) is 6.15. The highest BCUT2D eigenvalue weighted by Crippen LogP contribution is 2.30. The minimum atomic E-state index is -3.69. The molecule has 1 aromatic rings. The molecule has 2 rings (SSSR count). The third-order valence-electron chi connectivity index (χ3n) is 3.24. The Morgan fingerprint density at radius 2 is 2.05 bits per heavy atom. The Morgan fingerprint density at radius 3 is 2.60 bits per heavy atom. The molecule has 7 nitrogen and oxygen atoms in total. The van der Waals surface area contributed by atoms with Gasteiger partial charge in [-0.15, -0.1) is 0 Å². The zero-order valence-electron chi connectivity index (χ0n) is 10.9. The lowest BCUT2D eigenvalue weighted by Gasteiger charge is -2.19. The third kappa shape index (κ3) is 2.52. The van der Waals surface area contributed by atoms with Crippen molar-refractivity contribution in [3.8, 4) is 0 Å². The molecule has 1 saturated heterocycles. The zero-order chi connectivity index (χ0) is 14.9. The molecular formula is C12H15N3O4S. The number of anilines is 1. The number of carbonyl (C=O) groups is 2. The van der Waals surface area contributed by atoms with Crippen molar-refractivity contribution in [2.75, 3.05) is 18.5 Å². The molecule has 20 heavy (non-hydrogen) atoms. The maximum atomic E-state index is 12.0. The molecule has 8 heteroatoms. The highest BCUT2D eigenvalue weighted by Gasteiger charge is 2.36. The van der Waals surface area contributed by atoms with Crippen LogP contribution >= 0.6 is 0 Å². The van der Waals surface area contributed by atoms with E-state index in [4.69, 9.17) is 5.73 Å². The number of benzene rings is 1.